The molecule has 0 heterocycles. The van der Waals surface area contributed by atoms with Crippen LogP contribution in [0.25, 0.3) is 0 Å². The lowest BCUT2D eigenvalue weighted by molar-refractivity contribution is -0.137. The molecule has 0 aromatic heterocycles. The number of ether oxygens (including phenoxy) is 1. The van der Waals surface area contributed by atoms with E-state index in [2.05, 4.69) is 5.32 Å². The largest absolute Gasteiger partial charge is 0.492 e. The van der Waals surface area contributed by atoms with Gasteiger partial charge in [-0.15, -0.1) is 0 Å². The second kappa shape index (κ2) is 7.57. The second-order valence-corrected chi connectivity index (χ2v) is 5.70. The number of carbonyl (C=O) groups excluding carboxylic acids is 1. The molecule has 0 aliphatic heterocycles. The van der Waals surface area contributed by atoms with E-state index in [1.165, 1.54) is 12.1 Å². The van der Waals surface area contributed by atoms with Crippen LogP contribution in [0.5, 0.6) is 5.75 Å². The molecule has 0 fully saturated rings. The van der Waals surface area contributed by atoms with Crippen LogP contribution in [0.15, 0.2) is 54.6 Å². The van der Waals surface area contributed by atoms with Gasteiger partial charge < -0.3 is 15.8 Å². The average molecular weight is 352 g/mol. The van der Waals surface area contributed by atoms with E-state index in [1.807, 2.05) is 6.07 Å². The van der Waals surface area contributed by atoms with Gasteiger partial charge in [0.1, 0.15) is 17.9 Å². The first kappa shape index (κ1) is 18.8. The van der Waals surface area contributed by atoms with Crippen LogP contribution in [0.1, 0.15) is 18.1 Å². The summed E-state index contributed by atoms with van der Waals surface area (Å²) in [5, 5.41) is 2.63. The first-order valence-electron chi connectivity index (χ1n) is 7.64. The van der Waals surface area contributed by atoms with Crippen molar-refractivity contribution in [2.75, 3.05) is 13.2 Å². The summed E-state index contributed by atoms with van der Waals surface area (Å²) < 4.78 is 43.1. The monoisotopic (exact) mass is 352 g/mol. The predicted molar refractivity (Wildman–Crippen MR) is 87.9 cm³/mol. The molecule has 0 aliphatic carbocycles. The van der Waals surface area contributed by atoms with Gasteiger partial charge in [0.2, 0.25) is 5.91 Å². The Balaban J connectivity index is 1.86. The molecule has 0 spiro atoms. The molecule has 7 heteroatoms. The van der Waals surface area contributed by atoms with Gasteiger partial charge in [-0.05, 0) is 30.7 Å². The molecule has 2 aromatic rings. The highest BCUT2D eigenvalue weighted by Crippen LogP contribution is 2.31. The fourth-order valence-electron chi connectivity index (χ4n) is 2.19. The third kappa shape index (κ3) is 4.96. The highest BCUT2D eigenvalue weighted by molar-refractivity contribution is 5.86. The summed E-state index contributed by atoms with van der Waals surface area (Å²) in [5.74, 6) is -0.311. The predicted octanol–water partition coefficient (Wildman–Crippen LogP) is 3.07. The fraction of sp³-hybridized carbons (Fsp3) is 0.278. The maximum absolute atomic E-state index is 12.6. The molecule has 1 amide bonds. The Morgan fingerprint density at radius 2 is 1.72 bits per heavy atom. The van der Waals surface area contributed by atoms with E-state index in [-0.39, 0.29) is 18.9 Å². The van der Waals surface area contributed by atoms with Gasteiger partial charge in [-0.2, -0.15) is 13.2 Å². The number of hydrogen-bond acceptors (Lipinski definition) is 3. The fourth-order valence-corrected chi connectivity index (χ4v) is 2.19. The third-order valence-electron chi connectivity index (χ3n) is 3.66. The van der Waals surface area contributed by atoms with E-state index in [1.54, 1.807) is 31.2 Å². The van der Waals surface area contributed by atoms with Crippen molar-refractivity contribution in [2.24, 2.45) is 5.73 Å². The van der Waals surface area contributed by atoms with Crippen molar-refractivity contribution >= 4 is 5.91 Å². The minimum absolute atomic E-state index is 0.0257. The van der Waals surface area contributed by atoms with Crippen molar-refractivity contribution in [2.45, 2.75) is 18.6 Å². The first-order chi connectivity index (χ1) is 11.7. The summed E-state index contributed by atoms with van der Waals surface area (Å²) in [4.78, 5) is 12.2. The van der Waals surface area contributed by atoms with Gasteiger partial charge in [-0.1, -0.05) is 36.4 Å². The molecular weight excluding hydrogens is 333 g/mol. The van der Waals surface area contributed by atoms with Crippen molar-refractivity contribution in [1.29, 1.82) is 0 Å². The molecule has 0 bridgehead atoms. The Hall–Kier alpha value is -2.54. The normalized spacial score (nSPS) is 13.8. The van der Waals surface area contributed by atoms with E-state index >= 15 is 0 Å². The number of nitrogens with one attached hydrogen (secondary N) is 1. The van der Waals surface area contributed by atoms with Crippen molar-refractivity contribution in [3.05, 3.63) is 65.7 Å². The van der Waals surface area contributed by atoms with Gasteiger partial charge in [-0.25, -0.2) is 0 Å². The summed E-state index contributed by atoms with van der Waals surface area (Å²) in [6.07, 6.45) is -4.43. The second-order valence-electron chi connectivity index (χ2n) is 5.70. The quantitative estimate of drug-likeness (QED) is 0.786. The van der Waals surface area contributed by atoms with Crippen LogP contribution < -0.4 is 15.8 Å². The van der Waals surface area contributed by atoms with Gasteiger partial charge in [0.25, 0.3) is 0 Å². The minimum Gasteiger partial charge on any atom is -0.492 e. The minimum atomic E-state index is -4.43. The molecular formula is C18H19F3N2O2. The summed E-state index contributed by atoms with van der Waals surface area (Å²) in [5.41, 5.74) is 4.73. The van der Waals surface area contributed by atoms with Crippen LogP contribution in [0, 0.1) is 0 Å². The zero-order valence-electron chi connectivity index (χ0n) is 13.6. The molecule has 0 saturated carbocycles. The lowest BCUT2D eigenvalue weighted by Crippen LogP contribution is -2.49. The number of rotatable bonds is 6. The van der Waals surface area contributed by atoms with Crippen LogP contribution in [0.2, 0.25) is 0 Å². The molecule has 0 aliphatic rings. The third-order valence-corrected chi connectivity index (χ3v) is 3.66. The molecule has 0 radical (unpaired) electrons. The highest BCUT2D eigenvalue weighted by Gasteiger charge is 2.31. The Kier molecular flexibility index (Phi) is 5.69. The van der Waals surface area contributed by atoms with Gasteiger partial charge in [0.15, 0.2) is 0 Å². The van der Waals surface area contributed by atoms with Crippen LogP contribution in [-0.2, 0) is 16.5 Å². The summed E-state index contributed by atoms with van der Waals surface area (Å²) in [6, 6.07) is 13.5. The van der Waals surface area contributed by atoms with Crippen molar-refractivity contribution in [1.82, 2.24) is 5.32 Å². The highest BCUT2D eigenvalue weighted by atomic mass is 19.4. The maximum Gasteiger partial charge on any atom is 0.416 e. The van der Waals surface area contributed by atoms with Crippen LogP contribution in [0.4, 0.5) is 13.2 Å². The number of amides is 1. The Morgan fingerprint density at radius 3 is 2.36 bits per heavy atom. The first-order valence-corrected chi connectivity index (χ1v) is 7.64. The summed E-state index contributed by atoms with van der Waals surface area (Å²) in [7, 11) is 0. The van der Waals surface area contributed by atoms with Crippen LogP contribution in [-0.4, -0.2) is 19.1 Å². The van der Waals surface area contributed by atoms with Crippen molar-refractivity contribution in [3.63, 3.8) is 0 Å². The van der Waals surface area contributed by atoms with E-state index in [9.17, 15) is 18.0 Å². The van der Waals surface area contributed by atoms with Crippen LogP contribution in [0.3, 0.4) is 0 Å². The molecule has 1 unspecified atom stereocenters. The number of hydrogen-bond donors (Lipinski definition) is 2. The SMILES string of the molecule is CC(N)(C(=O)NCCOc1cccc(C(F)(F)F)c1)c1ccccc1. The summed E-state index contributed by atoms with van der Waals surface area (Å²) in [6.45, 7) is 1.73. The molecule has 2 rings (SSSR count). The number of nitrogens with two attached hydrogens (primary N) is 1. The van der Waals surface area contributed by atoms with E-state index < -0.39 is 23.2 Å². The standard InChI is InChI=1S/C18H19F3N2O2/c1-17(22,13-6-3-2-4-7-13)16(24)23-10-11-25-15-9-5-8-14(12-15)18(19,20)21/h2-9,12H,10-11,22H2,1H3,(H,23,24). The molecule has 0 saturated heterocycles. The van der Waals surface area contributed by atoms with Gasteiger partial charge in [0, 0.05) is 0 Å². The zero-order chi connectivity index (χ0) is 18.5. The van der Waals surface area contributed by atoms with E-state index in [4.69, 9.17) is 10.5 Å². The Bertz CT molecular complexity index is 716. The molecule has 2 aromatic carbocycles. The van der Waals surface area contributed by atoms with Gasteiger partial charge >= 0.3 is 6.18 Å². The number of alkyl halides is 3. The number of carbonyl (C=O) groups is 1. The molecule has 4 nitrogen and oxygen atoms in total. The number of benzene rings is 2. The van der Waals surface area contributed by atoms with Crippen molar-refractivity contribution in [3.8, 4) is 5.75 Å². The van der Waals surface area contributed by atoms with Crippen LogP contribution >= 0.6 is 0 Å². The smallest absolute Gasteiger partial charge is 0.416 e. The molecule has 1 atom stereocenters. The Morgan fingerprint density at radius 1 is 1.08 bits per heavy atom. The molecule has 25 heavy (non-hydrogen) atoms. The van der Waals surface area contributed by atoms with Gasteiger partial charge in [0.05, 0.1) is 12.1 Å². The van der Waals surface area contributed by atoms with E-state index in [0.717, 1.165) is 12.1 Å². The Labute approximate surface area is 143 Å². The van der Waals surface area contributed by atoms with Gasteiger partial charge in [-0.3, -0.25) is 4.79 Å². The maximum atomic E-state index is 12.6. The number of halogens is 3. The molecule has 3 N–H and O–H groups in total. The topological polar surface area (TPSA) is 64.4 Å². The average Bonchev–Trinajstić information content (AvgIpc) is 2.59. The lowest BCUT2D eigenvalue weighted by Gasteiger charge is -2.24. The summed E-state index contributed by atoms with van der Waals surface area (Å²) >= 11 is 0. The zero-order valence-corrected chi connectivity index (χ0v) is 13.6. The lowest BCUT2D eigenvalue weighted by atomic mass is 9.92. The van der Waals surface area contributed by atoms with E-state index in [0.29, 0.717) is 5.56 Å². The molecule has 134 valence electrons. The van der Waals surface area contributed by atoms with Crippen molar-refractivity contribution < 1.29 is 22.7 Å².